The molecule has 0 aliphatic carbocycles. The molecule has 0 saturated heterocycles. The highest BCUT2D eigenvalue weighted by Gasteiger charge is 2.25. The first kappa shape index (κ1) is 13.8. The van der Waals surface area contributed by atoms with E-state index >= 15 is 0 Å². The molecule has 2 aromatic heterocycles. The Morgan fingerprint density at radius 3 is 2.71 bits per heavy atom. The van der Waals surface area contributed by atoms with Gasteiger partial charge in [-0.25, -0.2) is 9.97 Å². The van der Waals surface area contributed by atoms with Crippen LogP contribution in [0.3, 0.4) is 0 Å². The first-order chi connectivity index (χ1) is 9.97. The minimum Gasteiger partial charge on any atom is -0.453 e. The van der Waals surface area contributed by atoms with E-state index in [0.29, 0.717) is 10.6 Å². The summed E-state index contributed by atoms with van der Waals surface area (Å²) in [5.74, 6) is 0.220. The molecule has 0 bridgehead atoms. The number of halogens is 2. The van der Waals surface area contributed by atoms with Gasteiger partial charge >= 0.3 is 5.69 Å². The van der Waals surface area contributed by atoms with E-state index in [1.165, 1.54) is 6.92 Å². The van der Waals surface area contributed by atoms with E-state index in [4.69, 9.17) is 27.6 Å². The standard InChI is InChI=1S/C13H7Cl2N3O3/c1-6-11(18(19)20)10(17-13(15)16-6)9-5-7-3-2-4-8(14)12(7)21-9/h2-5H,1H3. The summed E-state index contributed by atoms with van der Waals surface area (Å²) in [7, 11) is 0. The van der Waals surface area contributed by atoms with Gasteiger partial charge in [-0.2, -0.15) is 0 Å². The maximum Gasteiger partial charge on any atom is 0.319 e. The Balaban J connectivity index is 2.32. The van der Waals surface area contributed by atoms with Gasteiger partial charge < -0.3 is 4.42 Å². The van der Waals surface area contributed by atoms with Gasteiger partial charge in [-0.1, -0.05) is 23.7 Å². The topological polar surface area (TPSA) is 82.1 Å². The van der Waals surface area contributed by atoms with Crippen LogP contribution in [0.25, 0.3) is 22.4 Å². The van der Waals surface area contributed by atoms with E-state index < -0.39 is 4.92 Å². The lowest BCUT2D eigenvalue weighted by molar-refractivity contribution is -0.385. The molecular formula is C13H7Cl2N3O3. The third kappa shape index (κ3) is 2.32. The van der Waals surface area contributed by atoms with E-state index in [9.17, 15) is 10.1 Å². The zero-order valence-corrected chi connectivity index (χ0v) is 12.1. The fourth-order valence-electron chi connectivity index (χ4n) is 2.07. The van der Waals surface area contributed by atoms with Crippen molar-refractivity contribution in [3.63, 3.8) is 0 Å². The molecule has 3 aromatic rings. The van der Waals surface area contributed by atoms with Crippen LogP contribution in [0.2, 0.25) is 10.3 Å². The zero-order valence-electron chi connectivity index (χ0n) is 10.6. The number of nitrogens with zero attached hydrogens (tertiary/aromatic N) is 3. The number of aromatic nitrogens is 2. The minimum absolute atomic E-state index is 0.0322. The van der Waals surface area contributed by atoms with Gasteiger partial charge in [0, 0.05) is 5.39 Å². The second-order valence-electron chi connectivity index (χ2n) is 4.30. The molecule has 1 aromatic carbocycles. The lowest BCUT2D eigenvalue weighted by atomic mass is 10.2. The van der Waals surface area contributed by atoms with Crippen molar-refractivity contribution >= 4 is 39.9 Å². The Morgan fingerprint density at radius 1 is 1.29 bits per heavy atom. The number of rotatable bonds is 2. The predicted molar refractivity (Wildman–Crippen MR) is 78.7 cm³/mol. The summed E-state index contributed by atoms with van der Waals surface area (Å²) in [5, 5.41) is 12.3. The van der Waals surface area contributed by atoms with Crippen LogP contribution in [0.4, 0.5) is 5.69 Å². The lowest BCUT2D eigenvalue weighted by Crippen LogP contribution is -2.00. The Labute approximate surface area is 128 Å². The van der Waals surface area contributed by atoms with Crippen molar-refractivity contribution in [3.05, 3.63) is 50.4 Å². The van der Waals surface area contributed by atoms with Crippen LogP contribution in [0.15, 0.2) is 28.7 Å². The van der Waals surface area contributed by atoms with Crippen molar-refractivity contribution in [3.8, 4) is 11.5 Å². The number of nitro groups is 1. The van der Waals surface area contributed by atoms with Gasteiger partial charge in [-0.15, -0.1) is 0 Å². The van der Waals surface area contributed by atoms with Crippen LogP contribution in [0.5, 0.6) is 0 Å². The molecule has 106 valence electrons. The van der Waals surface area contributed by atoms with Crippen LogP contribution in [-0.2, 0) is 0 Å². The van der Waals surface area contributed by atoms with Crippen molar-refractivity contribution in [1.82, 2.24) is 9.97 Å². The van der Waals surface area contributed by atoms with Crippen LogP contribution < -0.4 is 0 Å². The first-order valence-corrected chi connectivity index (χ1v) is 6.60. The molecule has 2 heterocycles. The molecule has 0 aliphatic heterocycles. The number of hydrogen-bond donors (Lipinski definition) is 0. The zero-order chi connectivity index (χ0) is 15.1. The monoisotopic (exact) mass is 323 g/mol. The quantitative estimate of drug-likeness (QED) is 0.396. The predicted octanol–water partition coefficient (Wildman–Crippen LogP) is 4.41. The normalized spacial score (nSPS) is 11.0. The van der Waals surface area contributed by atoms with E-state index in [2.05, 4.69) is 9.97 Å². The number of hydrogen-bond acceptors (Lipinski definition) is 5. The summed E-state index contributed by atoms with van der Waals surface area (Å²) in [6.07, 6.45) is 0. The van der Waals surface area contributed by atoms with Crippen LogP contribution in [0, 0.1) is 17.0 Å². The molecule has 0 radical (unpaired) electrons. The van der Waals surface area contributed by atoms with Crippen molar-refractivity contribution < 1.29 is 9.34 Å². The van der Waals surface area contributed by atoms with Crippen LogP contribution in [0.1, 0.15) is 5.69 Å². The number of fused-ring (bicyclic) bond motifs is 1. The summed E-state index contributed by atoms with van der Waals surface area (Å²) in [4.78, 5) is 18.4. The van der Waals surface area contributed by atoms with Crippen molar-refractivity contribution in [1.29, 1.82) is 0 Å². The summed E-state index contributed by atoms with van der Waals surface area (Å²) in [6, 6.07) is 6.85. The third-order valence-corrected chi connectivity index (χ3v) is 3.41. The molecule has 8 heteroatoms. The molecule has 21 heavy (non-hydrogen) atoms. The maximum atomic E-state index is 11.2. The minimum atomic E-state index is -0.560. The molecule has 0 N–H and O–H groups in total. The van der Waals surface area contributed by atoms with Crippen LogP contribution >= 0.6 is 23.2 Å². The highest BCUT2D eigenvalue weighted by atomic mass is 35.5. The molecule has 0 saturated carbocycles. The average molecular weight is 324 g/mol. The first-order valence-electron chi connectivity index (χ1n) is 5.84. The number of para-hydroxylation sites is 1. The van der Waals surface area contributed by atoms with Gasteiger partial charge in [0.25, 0.3) is 0 Å². The molecule has 0 fully saturated rings. The lowest BCUT2D eigenvalue weighted by Gasteiger charge is -2.02. The summed E-state index contributed by atoms with van der Waals surface area (Å²) in [6.45, 7) is 1.49. The van der Waals surface area contributed by atoms with Gasteiger partial charge in [-0.05, 0) is 30.7 Å². The smallest absolute Gasteiger partial charge is 0.319 e. The third-order valence-electron chi connectivity index (χ3n) is 2.94. The van der Waals surface area contributed by atoms with Crippen molar-refractivity contribution in [2.45, 2.75) is 6.92 Å². The van der Waals surface area contributed by atoms with Gasteiger partial charge in [0.1, 0.15) is 5.69 Å². The van der Waals surface area contributed by atoms with Crippen molar-refractivity contribution in [2.24, 2.45) is 0 Å². The molecule has 6 nitrogen and oxygen atoms in total. The SMILES string of the molecule is Cc1nc(Cl)nc(-c2cc3cccc(Cl)c3o2)c1[N+](=O)[O-]. The second kappa shape index (κ2) is 4.98. The molecule has 0 aliphatic rings. The highest BCUT2D eigenvalue weighted by molar-refractivity contribution is 6.34. The van der Waals surface area contributed by atoms with Crippen molar-refractivity contribution in [2.75, 3.05) is 0 Å². The van der Waals surface area contributed by atoms with Crippen LogP contribution in [-0.4, -0.2) is 14.9 Å². The van der Waals surface area contributed by atoms with E-state index in [0.717, 1.165) is 5.39 Å². The number of benzene rings is 1. The maximum absolute atomic E-state index is 11.2. The fourth-order valence-corrected chi connectivity index (χ4v) is 2.50. The molecule has 3 rings (SSSR count). The summed E-state index contributed by atoms with van der Waals surface area (Å²) < 4.78 is 5.60. The summed E-state index contributed by atoms with van der Waals surface area (Å²) >= 11 is 11.8. The van der Waals surface area contributed by atoms with Gasteiger partial charge in [0.15, 0.2) is 17.0 Å². The number of aryl methyl sites for hydroxylation is 1. The largest absolute Gasteiger partial charge is 0.453 e. The van der Waals surface area contributed by atoms with Gasteiger partial charge in [0.2, 0.25) is 5.28 Å². The average Bonchev–Trinajstić information content (AvgIpc) is 2.82. The molecular weight excluding hydrogens is 317 g/mol. The highest BCUT2D eigenvalue weighted by Crippen LogP contribution is 2.36. The van der Waals surface area contributed by atoms with E-state index in [1.807, 2.05) is 0 Å². The Bertz CT molecular complexity index is 876. The Hall–Kier alpha value is -2.18. The Kier molecular flexibility index (Phi) is 3.27. The second-order valence-corrected chi connectivity index (χ2v) is 5.05. The van der Waals surface area contributed by atoms with Gasteiger partial charge in [0.05, 0.1) is 9.95 Å². The molecule has 0 amide bonds. The molecule has 0 spiro atoms. The van der Waals surface area contributed by atoms with E-state index in [1.54, 1.807) is 24.3 Å². The summed E-state index contributed by atoms with van der Waals surface area (Å²) in [5.41, 5.74) is 0.400. The van der Waals surface area contributed by atoms with Gasteiger partial charge in [-0.3, -0.25) is 10.1 Å². The fraction of sp³-hybridized carbons (Fsp3) is 0.0769. The molecule has 0 atom stereocenters. The number of furan rings is 1. The Morgan fingerprint density at radius 2 is 2.05 bits per heavy atom. The van der Waals surface area contributed by atoms with E-state index in [-0.39, 0.29) is 28.1 Å². The molecule has 0 unspecified atom stereocenters.